The van der Waals surface area contributed by atoms with Crippen molar-refractivity contribution in [3.63, 3.8) is 0 Å². The highest BCUT2D eigenvalue weighted by molar-refractivity contribution is 6.00. The summed E-state index contributed by atoms with van der Waals surface area (Å²) in [4.78, 5) is 27.4. The minimum absolute atomic E-state index is 0.369. The number of hydrazine groups is 1. The normalized spacial score (nSPS) is 10.6. The molecule has 0 aliphatic heterocycles. The van der Waals surface area contributed by atoms with Crippen LogP contribution in [0, 0.1) is 13.8 Å². The molecule has 0 atom stereocenters. The third-order valence-electron chi connectivity index (χ3n) is 5.33. The van der Waals surface area contributed by atoms with E-state index in [1.54, 1.807) is 23.7 Å². The standard InChI is InChI=1S/C24H29N5O2/c1-5-28(6-2)21-14-12-20(13-15-21)23(30)25-26-24(31)22-17(3)27-29(18(22)4)16-19-10-8-7-9-11-19/h7-15H,5-6,16H2,1-4H3,(H,25,30)(H,26,31). The van der Waals surface area contributed by atoms with Gasteiger partial charge in [0, 0.05) is 30.0 Å². The number of hydrogen-bond acceptors (Lipinski definition) is 4. The van der Waals surface area contributed by atoms with Crippen LogP contribution in [0.4, 0.5) is 5.69 Å². The minimum Gasteiger partial charge on any atom is -0.372 e. The van der Waals surface area contributed by atoms with Gasteiger partial charge in [0.1, 0.15) is 0 Å². The van der Waals surface area contributed by atoms with Gasteiger partial charge in [-0.25, -0.2) is 0 Å². The molecule has 2 aromatic carbocycles. The minimum atomic E-state index is -0.387. The van der Waals surface area contributed by atoms with Crippen LogP contribution in [0.1, 0.15) is 51.5 Å². The van der Waals surface area contributed by atoms with Crippen molar-refractivity contribution < 1.29 is 9.59 Å². The van der Waals surface area contributed by atoms with E-state index < -0.39 is 0 Å². The molecule has 1 aromatic heterocycles. The Hall–Kier alpha value is -3.61. The summed E-state index contributed by atoms with van der Waals surface area (Å²) in [6, 6.07) is 17.3. The zero-order valence-electron chi connectivity index (χ0n) is 18.5. The summed E-state index contributed by atoms with van der Waals surface area (Å²) >= 11 is 0. The molecule has 0 aliphatic rings. The van der Waals surface area contributed by atoms with Gasteiger partial charge in [-0.15, -0.1) is 0 Å². The molecule has 7 nitrogen and oxygen atoms in total. The summed E-state index contributed by atoms with van der Waals surface area (Å²) in [7, 11) is 0. The van der Waals surface area contributed by atoms with Gasteiger partial charge in [-0.2, -0.15) is 5.10 Å². The summed E-state index contributed by atoms with van der Waals surface area (Å²) in [5.74, 6) is -0.756. The second-order valence-electron chi connectivity index (χ2n) is 7.32. The first kappa shape index (κ1) is 22.1. The molecule has 0 spiro atoms. The van der Waals surface area contributed by atoms with Crippen molar-refractivity contribution in [1.82, 2.24) is 20.6 Å². The van der Waals surface area contributed by atoms with Gasteiger partial charge in [0.15, 0.2) is 0 Å². The van der Waals surface area contributed by atoms with Crippen LogP contribution >= 0.6 is 0 Å². The summed E-state index contributed by atoms with van der Waals surface area (Å²) < 4.78 is 1.80. The summed E-state index contributed by atoms with van der Waals surface area (Å²) in [5, 5.41) is 4.49. The Morgan fingerprint density at radius 2 is 1.52 bits per heavy atom. The maximum absolute atomic E-state index is 12.7. The highest BCUT2D eigenvalue weighted by Gasteiger charge is 2.19. The van der Waals surface area contributed by atoms with E-state index in [4.69, 9.17) is 0 Å². The predicted molar refractivity (Wildman–Crippen MR) is 122 cm³/mol. The smallest absolute Gasteiger partial charge is 0.273 e. The van der Waals surface area contributed by atoms with E-state index in [-0.39, 0.29) is 11.8 Å². The molecule has 0 fully saturated rings. The van der Waals surface area contributed by atoms with Crippen LogP contribution in [-0.2, 0) is 6.54 Å². The van der Waals surface area contributed by atoms with Crippen molar-refractivity contribution in [2.45, 2.75) is 34.2 Å². The van der Waals surface area contributed by atoms with E-state index in [1.807, 2.05) is 49.4 Å². The Morgan fingerprint density at radius 1 is 0.903 bits per heavy atom. The first-order valence-corrected chi connectivity index (χ1v) is 10.5. The SMILES string of the molecule is CCN(CC)c1ccc(C(=O)NNC(=O)c2c(C)nn(Cc3ccccc3)c2C)cc1. The van der Waals surface area contributed by atoms with Gasteiger partial charge in [-0.3, -0.25) is 25.1 Å². The molecule has 7 heteroatoms. The van der Waals surface area contributed by atoms with Crippen molar-refractivity contribution >= 4 is 17.5 Å². The summed E-state index contributed by atoms with van der Waals surface area (Å²) in [6.45, 7) is 10.2. The molecule has 0 radical (unpaired) electrons. The average Bonchev–Trinajstić information content (AvgIpc) is 3.06. The van der Waals surface area contributed by atoms with E-state index in [2.05, 4.69) is 34.7 Å². The maximum atomic E-state index is 12.7. The molecule has 0 bridgehead atoms. The number of anilines is 1. The van der Waals surface area contributed by atoms with Gasteiger partial charge >= 0.3 is 0 Å². The average molecular weight is 420 g/mol. The molecule has 2 N–H and O–H groups in total. The van der Waals surface area contributed by atoms with Gasteiger partial charge in [-0.05, 0) is 57.5 Å². The van der Waals surface area contributed by atoms with Crippen LogP contribution in [0.5, 0.6) is 0 Å². The van der Waals surface area contributed by atoms with E-state index >= 15 is 0 Å². The fourth-order valence-electron chi connectivity index (χ4n) is 3.60. The Morgan fingerprint density at radius 3 is 2.13 bits per heavy atom. The number of nitrogens with one attached hydrogen (secondary N) is 2. The summed E-state index contributed by atoms with van der Waals surface area (Å²) in [6.07, 6.45) is 0. The number of hydrogen-bond donors (Lipinski definition) is 2. The number of rotatable bonds is 7. The molecule has 3 aromatic rings. The van der Waals surface area contributed by atoms with Crippen molar-refractivity contribution in [3.05, 3.63) is 82.7 Å². The third kappa shape index (κ3) is 5.12. The zero-order chi connectivity index (χ0) is 22.4. The lowest BCUT2D eigenvalue weighted by Crippen LogP contribution is -2.42. The Balaban J connectivity index is 1.65. The Kier molecular flexibility index (Phi) is 7.07. The fourth-order valence-corrected chi connectivity index (χ4v) is 3.60. The second-order valence-corrected chi connectivity index (χ2v) is 7.32. The van der Waals surface area contributed by atoms with Gasteiger partial charge < -0.3 is 4.90 Å². The molecular weight excluding hydrogens is 390 g/mol. The highest BCUT2D eigenvalue weighted by atomic mass is 16.2. The number of benzene rings is 2. The molecular formula is C24H29N5O2. The largest absolute Gasteiger partial charge is 0.372 e. The second kappa shape index (κ2) is 9.93. The van der Waals surface area contributed by atoms with Crippen LogP contribution in [0.25, 0.3) is 0 Å². The maximum Gasteiger partial charge on any atom is 0.273 e. The fraction of sp³-hybridized carbons (Fsp3) is 0.292. The Bertz CT molecular complexity index is 1040. The van der Waals surface area contributed by atoms with E-state index in [0.29, 0.717) is 23.4 Å². The lowest BCUT2D eigenvalue weighted by Gasteiger charge is -2.21. The highest BCUT2D eigenvalue weighted by Crippen LogP contribution is 2.16. The first-order valence-electron chi connectivity index (χ1n) is 10.5. The summed E-state index contributed by atoms with van der Waals surface area (Å²) in [5.41, 5.74) is 9.47. The Labute approximate surface area is 183 Å². The molecule has 162 valence electrons. The molecule has 0 saturated heterocycles. The van der Waals surface area contributed by atoms with Gasteiger partial charge in [-0.1, -0.05) is 30.3 Å². The third-order valence-corrected chi connectivity index (χ3v) is 5.33. The van der Waals surface area contributed by atoms with E-state index in [9.17, 15) is 9.59 Å². The van der Waals surface area contributed by atoms with Crippen molar-refractivity contribution in [1.29, 1.82) is 0 Å². The predicted octanol–water partition coefficient (Wildman–Crippen LogP) is 3.47. The number of aromatic nitrogens is 2. The van der Waals surface area contributed by atoms with Crippen LogP contribution in [0.2, 0.25) is 0 Å². The van der Waals surface area contributed by atoms with Crippen molar-refractivity contribution in [3.8, 4) is 0 Å². The molecule has 0 saturated carbocycles. The number of amides is 2. The topological polar surface area (TPSA) is 79.3 Å². The number of aryl methyl sites for hydroxylation is 1. The van der Waals surface area contributed by atoms with Crippen LogP contribution in [-0.4, -0.2) is 34.7 Å². The van der Waals surface area contributed by atoms with Crippen LogP contribution in [0.15, 0.2) is 54.6 Å². The number of nitrogens with zero attached hydrogens (tertiary/aromatic N) is 3. The van der Waals surface area contributed by atoms with Crippen molar-refractivity contribution in [2.75, 3.05) is 18.0 Å². The quantitative estimate of drug-likeness (QED) is 0.575. The molecule has 31 heavy (non-hydrogen) atoms. The zero-order valence-corrected chi connectivity index (χ0v) is 18.5. The lowest BCUT2D eigenvalue weighted by molar-refractivity contribution is 0.0846. The molecule has 2 amide bonds. The van der Waals surface area contributed by atoms with Gasteiger partial charge in [0.2, 0.25) is 0 Å². The van der Waals surface area contributed by atoms with Crippen LogP contribution < -0.4 is 15.8 Å². The molecule has 0 aliphatic carbocycles. The van der Waals surface area contributed by atoms with Gasteiger partial charge in [0.25, 0.3) is 11.8 Å². The number of carbonyl (C=O) groups excluding carboxylic acids is 2. The molecule has 3 rings (SSSR count). The van der Waals surface area contributed by atoms with E-state index in [0.717, 1.165) is 30.0 Å². The van der Waals surface area contributed by atoms with E-state index in [1.165, 1.54) is 0 Å². The first-order chi connectivity index (χ1) is 14.9. The molecule has 1 heterocycles. The van der Waals surface area contributed by atoms with Crippen LogP contribution in [0.3, 0.4) is 0 Å². The van der Waals surface area contributed by atoms with Crippen molar-refractivity contribution in [2.24, 2.45) is 0 Å². The van der Waals surface area contributed by atoms with Gasteiger partial charge in [0.05, 0.1) is 17.8 Å². The molecule has 0 unspecified atom stereocenters. The lowest BCUT2D eigenvalue weighted by atomic mass is 10.1. The number of carbonyl (C=O) groups is 2. The monoisotopic (exact) mass is 419 g/mol.